The maximum absolute atomic E-state index is 12.5. The minimum Gasteiger partial charge on any atom is -0.397 e. The van der Waals surface area contributed by atoms with E-state index in [0.717, 1.165) is 0 Å². The number of para-hydroxylation sites is 2. The van der Waals surface area contributed by atoms with Gasteiger partial charge in [-0.05, 0) is 72.8 Å². The highest BCUT2D eigenvalue weighted by Gasteiger charge is 2.12. The van der Waals surface area contributed by atoms with Crippen molar-refractivity contribution < 1.29 is 36.9 Å². The Morgan fingerprint density at radius 3 is 1.23 bits per heavy atom. The molecular formula is C26H18O8S. The molecule has 0 bridgehead atoms. The lowest BCUT2D eigenvalue weighted by Gasteiger charge is -2.08. The molecule has 176 valence electrons. The molecule has 0 N–H and O–H groups in total. The SMILES string of the molecule is O=C(Oc1ccccc1)Oc1ccc(OS(=O)c2ccc(OC(=O)Oc3ccccc3)cc2)cc1. The Labute approximate surface area is 203 Å². The van der Waals surface area contributed by atoms with Crippen molar-refractivity contribution in [2.24, 2.45) is 0 Å². The Bertz CT molecular complexity index is 1290. The molecule has 0 radical (unpaired) electrons. The number of hydrogen-bond acceptors (Lipinski definition) is 8. The standard InChI is InChI=1S/C26H18O8S/c27-25(30-19-7-3-1-4-8-19)32-21-11-13-23(14-12-21)34-35(29)24-17-15-22(16-18-24)33-26(28)31-20-9-5-2-6-10-20/h1-18H. The number of ether oxygens (including phenoxy) is 4. The molecule has 0 aliphatic carbocycles. The number of benzene rings is 4. The molecule has 8 nitrogen and oxygen atoms in total. The van der Waals surface area contributed by atoms with E-state index in [0.29, 0.717) is 22.1 Å². The van der Waals surface area contributed by atoms with Crippen LogP contribution < -0.4 is 23.1 Å². The van der Waals surface area contributed by atoms with Crippen molar-refractivity contribution in [3.05, 3.63) is 109 Å². The van der Waals surface area contributed by atoms with Crippen molar-refractivity contribution in [2.45, 2.75) is 4.90 Å². The summed E-state index contributed by atoms with van der Waals surface area (Å²) in [6.07, 6.45) is -1.78. The quantitative estimate of drug-likeness (QED) is 0.232. The lowest BCUT2D eigenvalue weighted by Crippen LogP contribution is -2.13. The second-order valence-corrected chi connectivity index (χ2v) is 7.90. The van der Waals surface area contributed by atoms with Gasteiger partial charge in [-0.15, -0.1) is 0 Å². The van der Waals surface area contributed by atoms with Crippen LogP contribution in [0.2, 0.25) is 0 Å². The molecule has 0 amide bonds. The highest BCUT2D eigenvalue weighted by atomic mass is 32.2. The van der Waals surface area contributed by atoms with Gasteiger partial charge in [0.1, 0.15) is 28.7 Å². The summed E-state index contributed by atoms with van der Waals surface area (Å²) >= 11 is -1.83. The zero-order valence-corrected chi connectivity index (χ0v) is 18.9. The van der Waals surface area contributed by atoms with Crippen LogP contribution in [-0.4, -0.2) is 16.5 Å². The maximum atomic E-state index is 12.5. The van der Waals surface area contributed by atoms with Gasteiger partial charge in [0.15, 0.2) is 0 Å². The summed E-state index contributed by atoms with van der Waals surface area (Å²) in [7, 11) is 0. The van der Waals surface area contributed by atoms with E-state index >= 15 is 0 Å². The Morgan fingerprint density at radius 2 is 0.800 bits per heavy atom. The van der Waals surface area contributed by atoms with Crippen molar-refractivity contribution in [2.75, 3.05) is 0 Å². The molecule has 1 unspecified atom stereocenters. The molecule has 0 aromatic heterocycles. The van der Waals surface area contributed by atoms with E-state index < -0.39 is 23.4 Å². The minimum absolute atomic E-state index is 0.218. The number of carbonyl (C=O) groups is 2. The lowest BCUT2D eigenvalue weighted by atomic mass is 10.3. The first-order chi connectivity index (χ1) is 17.0. The molecule has 0 saturated heterocycles. The first kappa shape index (κ1) is 23.5. The van der Waals surface area contributed by atoms with E-state index in [2.05, 4.69) is 0 Å². The second-order valence-electron chi connectivity index (χ2n) is 6.80. The number of hydrogen-bond donors (Lipinski definition) is 0. The fourth-order valence-electron chi connectivity index (χ4n) is 2.72. The summed E-state index contributed by atoms with van der Waals surface area (Å²) in [6.45, 7) is 0. The summed E-state index contributed by atoms with van der Waals surface area (Å²) in [5.41, 5.74) is 0. The molecule has 35 heavy (non-hydrogen) atoms. The fraction of sp³-hybridized carbons (Fsp3) is 0. The first-order valence-electron chi connectivity index (χ1n) is 10.2. The molecule has 0 aliphatic heterocycles. The van der Waals surface area contributed by atoms with Gasteiger partial charge < -0.3 is 23.1 Å². The van der Waals surface area contributed by atoms with Gasteiger partial charge in [-0.1, -0.05) is 36.4 Å². The van der Waals surface area contributed by atoms with Crippen molar-refractivity contribution in [1.29, 1.82) is 0 Å². The summed E-state index contributed by atoms with van der Waals surface area (Å²) in [5.74, 6) is 1.45. The Balaban J connectivity index is 1.27. The third-order valence-electron chi connectivity index (χ3n) is 4.30. The van der Waals surface area contributed by atoms with Crippen LogP contribution in [0.4, 0.5) is 9.59 Å². The summed E-state index contributed by atoms with van der Waals surface area (Å²) in [4.78, 5) is 24.1. The zero-order valence-electron chi connectivity index (χ0n) is 18.1. The smallest absolute Gasteiger partial charge is 0.397 e. The average molecular weight is 490 g/mol. The second kappa shape index (κ2) is 11.5. The van der Waals surface area contributed by atoms with Crippen LogP contribution in [-0.2, 0) is 11.1 Å². The molecule has 0 aliphatic rings. The number of carbonyl (C=O) groups excluding carboxylic acids is 2. The molecule has 9 heteroatoms. The molecule has 4 aromatic rings. The molecule has 4 aromatic carbocycles. The van der Waals surface area contributed by atoms with E-state index in [4.69, 9.17) is 23.1 Å². The molecule has 0 heterocycles. The molecular weight excluding hydrogens is 472 g/mol. The monoisotopic (exact) mass is 490 g/mol. The predicted molar refractivity (Wildman–Crippen MR) is 126 cm³/mol. The normalized spacial score (nSPS) is 11.1. The van der Waals surface area contributed by atoms with Crippen molar-refractivity contribution in [3.63, 3.8) is 0 Å². The summed E-state index contributed by atoms with van der Waals surface area (Å²) in [6, 6.07) is 28.9. The van der Waals surface area contributed by atoms with Gasteiger partial charge in [-0.25, -0.2) is 13.8 Å². The van der Waals surface area contributed by atoms with Gasteiger partial charge in [0, 0.05) is 0 Å². The van der Waals surface area contributed by atoms with Gasteiger partial charge in [0.05, 0.1) is 4.90 Å². The van der Waals surface area contributed by atoms with Crippen LogP contribution in [0.15, 0.2) is 114 Å². The van der Waals surface area contributed by atoms with Crippen molar-refractivity contribution >= 4 is 23.4 Å². The molecule has 0 spiro atoms. The van der Waals surface area contributed by atoms with E-state index in [1.165, 1.54) is 48.5 Å². The molecule has 4 rings (SSSR count). The summed E-state index contributed by atoms with van der Waals surface area (Å²) < 4.78 is 38.2. The summed E-state index contributed by atoms with van der Waals surface area (Å²) in [5, 5.41) is 0. The molecule has 0 fully saturated rings. The third-order valence-corrected chi connectivity index (χ3v) is 5.30. The minimum atomic E-state index is -1.83. The van der Waals surface area contributed by atoms with E-state index in [1.54, 1.807) is 60.7 Å². The Morgan fingerprint density at radius 1 is 0.457 bits per heavy atom. The predicted octanol–water partition coefficient (Wildman–Crippen LogP) is 5.94. The van der Waals surface area contributed by atoms with Gasteiger partial charge in [-0.3, -0.25) is 0 Å². The Kier molecular flexibility index (Phi) is 7.72. The fourth-order valence-corrected chi connectivity index (χ4v) is 3.46. The van der Waals surface area contributed by atoms with Gasteiger partial charge in [0.2, 0.25) is 11.1 Å². The van der Waals surface area contributed by atoms with Crippen molar-refractivity contribution in [1.82, 2.24) is 0 Å². The highest BCUT2D eigenvalue weighted by molar-refractivity contribution is 7.80. The molecule has 0 saturated carbocycles. The lowest BCUT2D eigenvalue weighted by molar-refractivity contribution is 0.150. The van der Waals surface area contributed by atoms with Crippen molar-refractivity contribution in [3.8, 4) is 28.7 Å². The van der Waals surface area contributed by atoms with Crippen LogP contribution in [0.1, 0.15) is 0 Å². The first-order valence-corrected chi connectivity index (χ1v) is 11.3. The van der Waals surface area contributed by atoms with E-state index in [-0.39, 0.29) is 11.5 Å². The zero-order chi connectivity index (χ0) is 24.5. The average Bonchev–Trinajstić information content (AvgIpc) is 2.87. The van der Waals surface area contributed by atoms with Crippen LogP contribution in [0, 0.1) is 0 Å². The van der Waals surface area contributed by atoms with Crippen LogP contribution in [0.25, 0.3) is 0 Å². The highest BCUT2D eigenvalue weighted by Crippen LogP contribution is 2.22. The van der Waals surface area contributed by atoms with E-state index in [9.17, 15) is 13.8 Å². The third kappa shape index (κ3) is 7.18. The van der Waals surface area contributed by atoms with Crippen LogP contribution >= 0.6 is 0 Å². The van der Waals surface area contributed by atoms with Gasteiger partial charge in [-0.2, -0.15) is 0 Å². The largest absolute Gasteiger partial charge is 0.519 e. The van der Waals surface area contributed by atoms with Crippen LogP contribution in [0.5, 0.6) is 28.7 Å². The van der Waals surface area contributed by atoms with E-state index in [1.807, 2.05) is 0 Å². The topological polar surface area (TPSA) is 97.4 Å². The number of rotatable bonds is 7. The molecule has 1 atom stereocenters. The Hall–Kier alpha value is -4.63. The van der Waals surface area contributed by atoms with Gasteiger partial charge in [0.25, 0.3) is 0 Å². The van der Waals surface area contributed by atoms with Gasteiger partial charge >= 0.3 is 12.3 Å². The van der Waals surface area contributed by atoms with Crippen LogP contribution in [0.3, 0.4) is 0 Å². The maximum Gasteiger partial charge on any atom is 0.519 e.